The summed E-state index contributed by atoms with van der Waals surface area (Å²) in [6, 6.07) is 4.49. The Bertz CT molecular complexity index is 1040. The highest BCUT2D eigenvalue weighted by atomic mass is 19.1. The number of anilines is 1. The van der Waals surface area contributed by atoms with Crippen molar-refractivity contribution < 1.29 is 23.7 Å². The molecule has 1 N–H and O–H groups in total. The SMILES string of the molecule is Cc1noc(-c2ccc([N+](=O)[O-])cn2)c1N(C(=O)O)C(C)c1cccnc1F. The van der Waals surface area contributed by atoms with Crippen molar-refractivity contribution in [2.24, 2.45) is 0 Å². The van der Waals surface area contributed by atoms with Crippen LogP contribution in [0.3, 0.4) is 0 Å². The van der Waals surface area contributed by atoms with Gasteiger partial charge >= 0.3 is 6.09 Å². The first-order valence-electron chi connectivity index (χ1n) is 8.01. The molecule has 3 aromatic heterocycles. The second kappa shape index (κ2) is 7.39. The maximum Gasteiger partial charge on any atom is 0.412 e. The lowest BCUT2D eigenvalue weighted by molar-refractivity contribution is -0.385. The number of aryl methyl sites for hydroxylation is 1. The van der Waals surface area contributed by atoms with Crippen LogP contribution < -0.4 is 4.90 Å². The van der Waals surface area contributed by atoms with Crippen LogP contribution in [-0.2, 0) is 0 Å². The van der Waals surface area contributed by atoms with Gasteiger partial charge in [0.15, 0.2) is 0 Å². The van der Waals surface area contributed by atoms with Gasteiger partial charge in [0.25, 0.3) is 5.69 Å². The zero-order valence-corrected chi connectivity index (χ0v) is 14.7. The van der Waals surface area contributed by atoms with Gasteiger partial charge in [-0.15, -0.1) is 0 Å². The second-order valence-electron chi connectivity index (χ2n) is 5.82. The molecule has 0 aliphatic heterocycles. The maximum absolute atomic E-state index is 14.1. The molecule has 3 aromatic rings. The number of nitrogens with zero attached hydrogens (tertiary/aromatic N) is 5. The summed E-state index contributed by atoms with van der Waals surface area (Å²) in [6.45, 7) is 3.02. The van der Waals surface area contributed by atoms with Crippen molar-refractivity contribution in [2.75, 3.05) is 4.90 Å². The average molecular weight is 387 g/mol. The zero-order valence-electron chi connectivity index (χ0n) is 14.7. The van der Waals surface area contributed by atoms with Gasteiger partial charge in [-0.25, -0.2) is 14.8 Å². The molecular formula is C17H14FN5O5. The number of nitro groups is 1. The van der Waals surface area contributed by atoms with Crippen molar-refractivity contribution in [1.82, 2.24) is 15.1 Å². The quantitative estimate of drug-likeness (QED) is 0.397. The summed E-state index contributed by atoms with van der Waals surface area (Å²) >= 11 is 0. The summed E-state index contributed by atoms with van der Waals surface area (Å²) < 4.78 is 19.3. The summed E-state index contributed by atoms with van der Waals surface area (Å²) in [5.74, 6) is -0.809. The number of halogens is 1. The fourth-order valence-electron chi connectivity index (χ4n) is 2.75. The van der Waals surface area contributed by atoms with Gasteiger partial charge in [-0.05, 0) is 26.0 Å². The van der Waals surface area contributed by atoms with Crippen LogP contribution in [0.1, 0.15) is 24.2 Å². The number of carboxylic acid groups (broad SMARTS) is 1. The Hall–Kier alpha value is -3.89. The van der Waals surface area contributed by atoms with E-state index >= 15 is 0 Å². The molecule has 0 bridgehead atoms. The minimum Gasteiger partial charge on any atom is -0.465 e. The van der Waals surface area contributed by atoms with Crippen molar-refractivity contribution in [3.8, 4) is 11.5 Å². The van der Waals surface area contributed by atoms with E-state index in [0.29, 0.717) is 0 Å². The van der Waals surface area contributed by atoms with Crippen LogP contribution in [0.25, 0.3) is 11.5 Å². The monoisotopic (exact) mass is 387 g/mol. The molecule has 11 heteroatoms. The van der Waals surface area contributed by atoms with Crippen molar-refractivity contribution >= 4 is 17.5 Å². The predicted octanol–water partition coefficient (Wildman–Crippen LogP) is 3.73. The van der Waals surface area contributed by atoms with Gasteiger partial charge in [-0.2, -0.15) is 4.39 Å². The number of rotatable bonds is 5. The van der Waals surface area contributed by atoms with E-state index in [0.717, 1.165) is 11.1 Å². The largest absolute Gasteiger partial charge is 0.465 e. The molecule has 3 heterocycles. The summed E-state index contributed by atoms with van der Waals surface area (Å²) in [4.78, 5) is 30.6. The number of hydrogen-bond donors (Lipinski definition) is 1. The van der Waals surface area contributed by atoms with E-state index in [1.165, 1.54) is 44.3 Å². The summed E-state index contributed by atoms with van der Waals surface area (Å²) in [6.07, 6.45) is 0.907. The Morgan fingerprint density at radius 2 is 2.11 bits per heavy atom. The van der Waals surface area contributed by atoms with E-state index in [4.69, 9.17) is 4.52 Å². The molecule has 0 aliphatic carbocycles. The van der Waals surface area contributed by atoms with Crippen LogP contribution in [0.2, 0.25) is 0 Å². The molecule has 0 aliphatic rings. The highest BCUT2D eigenvalue weighted by Gasteiger charge is 2.32. The number of pyridine rings is 2. The first-order valence-corrected chi connectivity index (χ1v) is 8.01. The van der Waals surface area contributed by atoms with Crippen molar-refractivity contribution in [3.63, 3.8) is 0 Å². The van der Waals surface area contributed by atoms with E-state index < -0.39 is 23.0 Å². The Morgan fingerprint density at radius 1 is 1.36 bits per heavy atom. The van der Waals surface area contributed by atoms with Gasteiger partial charge in [0, 0.05) is 17.8 Å². The Kier molecular flexibility index (Phi) is 4.98. The van der Waals surface area contributed by atoms with Gasteiger partial charge in [0.2, 0.25) is 11.7 Å². The van der Waals surface area contributed by atoms with E-state index in [2.05, 4.69) is 15.1 Å². The highest BCUT2D eigenvalue weighted by molar-refractivity contribution is 5.92. The Balaban J connectivity index is 2.10. The Labute approximate surface area is 157 Å². The topological polar surface area (TPSA) is 135 Å². The smallest absolute Gasteiger partial charge is 0.412 e. The minimum absolute atomic E-state index is 0.00838. The highest BCUT2D eigenvalue weighted by Crippen LogP contribution is 2.38. The summed E-state index contributed by atoms with van der Waals surface area (Å²) in [5.41, 5.74) is 0.264. The zero-order chi connectivity index (χ0) is 20.4. The molecule has 0 radical (unpaired) electrons. The molecule has 1 atom stereocenters. The molecule has 0 saturated heterocycles. The van der Waals surface area contributed by atoms with Gasteiger partial charge in [-0.1, -0.05) is 11.2 Å². The van der Waals surface area contributed by atoms with E-state index in [1.807, 2.05) is 0 Å². The van der Waals surface area contributed by atoms with Crippen LogP contribution in [0, 0.1) is 23.0 Å². The molecule has 28 heavy (non-hydrogen) atoms. The van der Waals surface area contributed by atoms with Crippen molar-refractivity contribution in [3.05, 3.63) is 64.0 Å². The van der Waals surface area contributed by atoms with Gasteiger partial charge in [0.1, 0.15) is 23.3 Å². The third kappa shape index (κ3) is 3.37. The molecule has 144 valence electrons. The maximum atomic E-state index is 14.1. The first kappa shape index (κ1) is 18.9. The fraction of sp³-hybridized carbons (Fsp3) is 0.176. The van der Waals surface area contributed by atoms with Crippen LogP contribution in [-0.4, -0.2) is 31.2 Å². The number of carbonyl (C=O) groups is 1. The van der Waals surface area contributed by atoms with Crippen molar-refractivity contribution in [2.45, 2.75) is 19.9 Å². The normalized spacial score (nSPS) is 11.8. The van der Waals surface area contributed by atoms with Crippen molar-refractivity contribution in [1.29, 1.82) is 0 Å². The molecule has 0 spiro atoms. The van der Waals surface area contributed by atoms with Crippen LogP contribution in [0.4, 0.5) is 20.6 Å². The molecule has 1 amide bonds. The minimum atomic E-state index is -1.37. The molecule has 3 rings (SSSR count). The number of hydrogen-bond acceptors (Lipinski definition) is 7. The lowest BCUT2D eigenvalue weighted by Crippen LogP contribution is -2.33. The van der Waals surface area contributed by atoms with Gasteiger partial charge in [0.05, 0.1) is 11.0 Å². The molecule has 10 nitrogen and oxygen atoms in total. The molecular weight excluding hydrogens is 373 g/mol. The standard InChI is InChI=1S/C17H14FN5O5/c1-9-14(15(28-21-9)13-6-5-11(8-20-13)23(26)27)22(17(24)25)10(2)12-4-3-7-19-16(12)18/h3-8,10H,1-2H3,(H,24,25). The third-order valence-corrected chi connectivity index (χ3v) is 4.10. The van der Waals surface area contributed by atoms with E-state index in [-0.39, 0.29) is 34.1 Å². The van der Waals surface area contributed by atoms with E-state index in [9.17, 15) is 24.4 Å². The number of aromatic nitrogens is 3. The third-order valence-electron chi connectivity index (χ3n) is 4.10. The van der Waals surface area contributed by atoms with Crippen LogP contribution in [0.5, 0.6) is 0 Å². The fourth-order valence-corrected chi connectivity index (χ4v) is 2.75. The first-order chi connectivity index (χ1) is 13.3. The average Bonchev–Trinajstić information content (AvgIpc) is 3.03. The second-order valence-corrected chi connectivity index (χ2v) is 5.82. The summed E-state index contributed by atoms with van der Waals surface area (Å²) in [5, 5.41) is 24.4. The molecule has 0 aromatic carbocycles. The lowest BCUT2D eigenvalue weighted by atomic mass is 10.1. The van der Waals surface area contributed by atoms with Gasteiger partial charge in [-0.3, -0.25) is 15.0 Å². The van der Waals surface area contributed by atoms with Crippen LogP contribution in [0.15, 0.2) is 41.2 Å². The van der Waals surface area contributed by atoms with Crippen LogP contribution >= 0.6 is 0 Å². The van der Waals surface area contributed by atoms with E-state index in [1.54, 1.807) is 0 Å². The predicted molar refractivity (Wildman–Crippen MR) is 94.2 cm³/mol. The molecule has 1 unspecified atom stereocenters. The molecule has 0 saturated carbocycles. The lowest BCUT2D eigenvalue weighted by Gasteiger charge is -2.26. The van der Waals surface area contributed by atoms with Gasteiger partial charge < -0.3 is 9.63 Å². The Morgan fingerprint density at radius 3 is 2.68 bits per heavy atom. The summed E-state index contributed by atoms with van der Waals surface area (Å²) in [7, 11) is 0. The molecule has 0 fully saturated rings. The number of amides is 1.